The highest BCUT2D eigenvalue weighted by molar-refractivity contribution is 5.78. The number of nitrogens with two attached hydrogens (primary N) is 1. The van der Waals surface area contributed by atoms with E-state index in [0.717, 1.165) is 12.5 Å². The van der Waals surface area contributed by atoms with Gasteiger partial charge in [0.2, 0.25) is 0 Å². The molecule has 1 saturated heterocycles. The van der Waals surface area contributed by atoms with Gasteiger partial charge in [-0.25, -0.2) is 0 Å². The zero-order valence-corrected chi connectivity index (χ0v) is 11.9. The van der Waals surface area contributed by atoms with Gasteiger partial charge < -0.3 is 11.1 Å². The van der Waals surface area contributed by atoms with Gasteiger partial charge in [0.15, 0.2) is 5.96 Å². The summed E-state index contributed by atoms with van der Waals surface area (Å²) in [7, 11) is 0. The van der Waals surface area contributed by atoms with Crippen LogP contribution in [0.25, 0.3) is 0 Å². The molecule has 0 radical (unpaired) electrons. The van der Waals surface area contributed by atoms with Crippen molar-refractivity contribution in [3.63, 3.8) is 0 Å². The molecule has 18 heavy (non-hydrogen) atoms. The Morgan fingerprint density at radius 2 is 2.11 bits per heavy atom. The lowest BCUT2D eigenvalue weighted by Gasteiger charge is -2.36. The van der Waals surface area contributed by atoms with Gasteiger partial charge in [-0.3, -0.25) is 9.89 Å². The number of nitrogens with zero attached hydrogens (tertiary/aromatic N) is 2. The van der Waals surface area contributed by atoms with E-state index in [4.69, 9.17) is 5.73 Å². The molecule has 0 bridgehead atoms. The standard InChI is InChI=1S/C14H28N4/c1-11(2)10-18-8-4-3-5-13(18)9-16-14(15)17-12-6-7-12/h11-13H,3-10H2,1-2H3,(H3,15,16,17). The summed E-state index contributed by atoms with van der Waals surface area (Å²) < 4.78 is 0. The number of likely N-dealkylation sites (tertiary alicyclic amines) is 1. The van der Waals surface area contributed by atoms with Crippen LogP contribution in [0.5, 0.6) is 0 Å². The Bertz CT molecular complexity index is 284. The molecule has 0 aromatic carbocycles. The van der Waals surface area contributed by atoms with E-state index in [2.05, 4.69) is 29.1 Å². The summed E-state index contributed by atoms with van der Waals surface area (Å²) in [5.41, 5.74) is 5.90. The fraction of sp³-hybridized carbons (Fsp3) is 0.929. The first-order valence-electron chi connectivity index (χ1n) is 7.45. The van der Waals surface area contributed by atoms with E-state index in [1.807, 2.05) is 0 Å². The van der Waals surface area contributed by atoms with Crippen LogP contribution in [-0.4, -0.2) is 42.6 Å². The molecular formula is C14H28N4. The lowest BCUT2D eigenvalue weighted by molar-refractivity contribution is 0.137. The Morgan fingerprint density at radius 1 is 1.33 bits per heavy atom. The topological polar surface area (TPSA) is 53.6 Å². The number of aliphatic imine (C=N–C) groups is 1. The third-order valence-corrected chi connectivity index (χ3v) is 3.75. The molecule has 2 aliphatic rings. The summed E-state index contributed by atoms with van der Waals surface area (Å²) in [5, 5.41) is 3.26. The largest absolute Gasteiger partial charge is 0.370 e. The van der Waals surface area contributed by atoms with Gasteiger partial charge in [-0.1, -0.05) is 20.3 Å². The van der Waals surface area contributed by atoms with Crippen LogP contribution in [0.4, 0.5) is 0 Å². The molecule has 3 N–H and O–H groups in total. The summed E-state index contributed by atoms with van der Waals surface area (Å²) in [4.78, 5) is 7.13. The molecule has 0 aromatic rings. The van der Waals surface area contributed by atoms with Crippen molar-refractivity contribution < 1.29 is 0 Å². The van der Waals surface area contributed by atoms with Crippen LogP contribution in [0.15, 0.2) is 4.99 Å². The molecule has 1 heterocycles. The van der Waals surface area contributed by atoms with Crippen LogP contribution in [0.3, 0.4) is 0 Å². The lowest BCUT2D eigenvalue weighted by Crippen LogP contribution is -2.44. The van der Waals surface area contributed by atoms with Crippen LogP contribution in [0.1, 0.15) is 46.0 Å². The first-order valence-corrected chi connectivity index (χ1v) is 7.45. The van der Waals surface area contributed by atoms with E-state index in [0.29, 0.717) is 18.0 Å². The van der Waals surface area contributed by atoms with E-state index in [9.17, 15) is 0 Å². The SMILES string of the molecule is CC(C)CN1CCCCC1CN=C(N)NC1CC1. The zero-order chi connectivity index (χ0) is 13.0. The Kier molecular flexibility index (Phi) is 4.87. The van der Waals surface area contributed by atoms with E-state index in [1.165, 1.54) is 45.2 Å². The zero-order valence-electron chi connectivity index (χ0n) is 11.9. The molecule has 0 amide bonds. The Hall–Kier alpha value is -0.770. The summed E-state index contributed by atoms with van der Waals surface area (Å²) in [6.45, 7) is 7.86. The average Bonchev–Trinajstić information content (AvgIpc) is 3.11. The normalized spacial score (nSPS) is 26.6. The molecule has 4 heteroatoms. The van der Waals surface area contributed by atoms with Gasteiger partial charge in [0.05, 0.1) is 6.54 Å². The van der Waals surface area contributed by atoms with Crippen molar-refractivity contribution in [3.8, 4) is 0 Å². The molecule has 0 aromatic heterocycles. The molecule has 2 fully saturated rings. The maximum Gasteiger partial charge on any atom is 0.188 e. The van der Waals surface area contributed by atoms with Crippen molar-refractivity contribution in [2.24, 2.45) is 16.6 Å². The van der Waals surface area contributed by atoms with Gasteiger partial charge in [0.25, 0.3) is 0 Å². The lowest BCUT2D eigenvalue weighted by atomic mass is 10.0. The molecule has 1 unspecified atom stereocenters. The van der Waals surface area contributed by atoms with E-state index in [1.54, 1.807) is 0 Å². The number of rotatable bonds is 5. The van der Waals surface area contributed by atoms with Crippen LogP contribution >= 0.6 is 0 Å². The Morgan fingerprint density at radius 3 is 2.78 bits per heavy atom. The predicted octanol–water partition coefficient (Wildman–Crippen LogP) is 1.56. The van der Waals surface area contributed by atoms with Gasteiger partial charge in [0.1, 0.15) is 0 Å². The number of guanidine groups is 1. The van der Waals surface area contributed by atoms with Gasteiger partial charge in [-0.05, 0) is 38.1 Å². The first kappa shape index (κ1) is 13.7. The minimum atomic E-state index is 0.598. The molecule has 2 rings (SSSR count). The van der Waals surface area contributed by atoms with Crippen molar-refractivity contribution in [3.05, 3.63) is 0 Å². The van der Waals surface area contributed by atoms with Gasteiger partial charge >= 0.3 is 0 Å². The second kappa shape index (κ2) is 6.41. The van der Waals surface area contributed by atoms with Crippen LogP contribution in [-0.2, 0) is 0 Å². The van der Waals surface area contributed by atoms with Crippen molar-refractivity contribution in [2.45, 2.75) is 58.0 Å². The predicted molar refractivity (Wildman–Crippen MR) is 76.7 cm³/mol. The fourth-order valence-corrected chi connectivity index (χ4v) is 2.66. The number of hydrogen-bond acceptors (Lipinski definition) is 2. The molecular weight excluding hydrogens is 224 g/mol. The molecule has 1 aliphatic carbocycles. The van der Waals surface area contributed by atoms with Gasteiger partial charge in [0, 0.05) is 18.6 Å². The monoisotopic (exact) mass is 252 g/mol. The number of piperidine rings is 1. The molecule has 1 saturated carbocycles. The summed E-state index contributed by atoms with van der Waals surface area (Å²) in [6.07, 6.45) is 6.44. The number of nitrogens with one attached hydrogen (secondary N) is 1. The van der Waals surface area contributed by atoms with E-state index in [-0.39, 0.29) is 0 Å². The van der Waals surface area contributed by atoms with Crippen LogP contribution in [0.2, 0.25) is 0 Å². The minimum Gasteiger partial charge on any atom is -0.370 e. The van der Waals surface area contributed by atoms with E-state index >= 15 is 0 Å². The van der Waals surface area contributed by atoms with Crippen molar-refractivity contribution in [1.82, 2.24) is 10.2 Å². The van der Waals surface area contributed by atoms with Crippen LogP contribution in [0, 0.1) is 5.92 Å². The maximum atomic E-state index is 5.90. The second-order valence-electron chi connectivity index (χ2n) is 6.18. The van der Waals surface area contributed by atoms with E-state index < -0.39 is 0 Å². The highest BCUT2D eigenvalue weighted by Gasteiger charge is 2.24. The average molecular weight is 252 g/mol. The highest BCUT2D eigenvalue weighted by Crippen LogP contribution is 2.19. The Labute approximate surface area is 111 Å². The fourth-order valence-electron chi connectivity index (χ4n) is 2.66. The summed E-state index contributed by atoms with van der Waals surface area (Å²) >= 11 is 0. The van der Waals surface area contributed by atoms with Gasteiger partial charge in [-0.15, -0.1) is 0 Å². The second-order valence-corrected chi connectivity index (χ2v) is 6.18. The van der Waals surface area contributed by atoms with Gasteiger partial charge in [-0.2, -0.15) is 0 Å². The third-order valence-electron chi connectivity index (χ3n) is 3.75. The van der Waals surface area contributed by atoms with Crippen molar-refractivity contribution >= 4 is 5.96 Å². The molecule has 4 nitrogen and oxygen atoms in total. The summed E-state index contributed by atoms with van der Waals surface area (Å²) in [5.74, 6) is 1.38. The number of hydrogen-bond donors (Lipinski definition) is 2. The quantitative estimate of drug-likeness (QED) is 0.577. The maximum absolute atomic E-state index is 5.90. The minimum absolute atomic E-state index is 0.598. The first-order chi connectivity index (χ1) is 8.65. The Balaban J connectivity index is 1.80. The molecule has 1 atom stereocenters. The van der Waals surface area contributed by atoms with Crippen molar-refractivity contribution in [1.29, 1.82) is 0 Å². The third kappa shape index (κ3) is 4.48. The highest BCUT2D eigenvalue weighted by atomic mass is 15.2. The molecule has 0 spiro atoms. The summed E-state index contributed by atoms with van der Waals surface area (Å²) in [6, 6.07) is 1.20. The van der Waals surface area contributed by atoms with Crippen LogP contribution < -0.4 is 11.1 Å². The smallest absolute Gasteiger partial charge is 0.188 e. The van der Waals surface area contributed by atoms with Crippen molar-refractivity contribution in [2.75, 3.05) is 19.6 Å². The molecule has 1 aliphatic heterocycles. The molecule has 104 valence electrons.